The summed E-state index contributed by atoms with van der Waals surface area (Å²) in [5, 5.41) is 0. The van der Waals surface area contributed by atoms with Gasteiger partial charge in [-0.1, -0.05) is 247 Å². The second-order valence-corrected chi connectivity index (χ2v) is 27.8. The number of rotatable bonds is 10. The molecule has 7 aromatic carbocycles. The summed E-state index contributed by atoms with van der Waals surface area (Å²) in [6.45, 7) is 29.8. The number of hydrogen-bond acceptors (Lipinski definition) is 3. The maximum atomic E-state index is 5.00. The van der Waals surface area contributed by atoms with Crippen LogP contribution in [0.5, 0.6) is 0 Å². The van der Waals surface area contributed by atoms with E-state index >= 15 is 0 Å². The quantitative estimate of drug-likeness (QED) is 0.137. The Morgan fingerprint density at radius 1 is 0.289 bits per heavy atom. The van der Waals surface area contributed by atoms with Gasteiger partial charge in [-0.2, -0.15) is 0 Å². The van der Waals surface area contributed by atoms with E-state index in [1.54, 1.807) is 0 Å². The number of benzene rings is 7. The molecule has 11 rings (SSSR count). The Balaban J connectivity index is 1.02. The van der Waals surface area contributed by atoms with Crippen LogP contribution in [-0.4, -0.2) is 15.0 Å². The molecule has 0 aliphatic heterocycles. The van der Waals surface area contributed by atoms with Crippen LogP contribution in [0.4, 0.5) is 0 Å². The van der Waals surface area contributed by atoms with Crippen molar-refractivity contribution in [1.29, 1.82) is 0 Å². The Bertz CT molecular complexity index is 3740. The number of pyridine rings is 3. The molecule has 0 N–H and O–H groups in total. The Morgan fingerprint density at radius 2 is 0.627 bits per heavy atom. The van der Waals surface area contributed by atoms with E-state index in [4.69, 9.17) is 15.0 Å². The van der Waals surface area contributed by atoms with Crippen LogP contribution in [0.2, 0.25) is 0 Å². The second-order valence-electron chi connectivity index (χ2n) is 27.8. The van der Waals surface area contributed by atoms with Gasteiger partial charge in [0.2, 0.25) is 0 Å². The van der Waals surface area contributed by atoms with Gasteiger partial charge in [0.1, 0.15) is 0 Å². The molecule has 1 aliphatic rings. The van der Waals surface area contributed by atoms with Crippen LogP contribution in [0.15, 0.2) is 213 Å². The Hall–Kier alpha value is -8.01. The zero-order valence-electron chi connectivity index (χ0n) is 51.4. The molecular weight excluding hydrogens is 1000 g/mol. The van der Waals surface area contributed by atoms with E-state index in [1.807, 2.05) is 18.6 Å². The summed E-state index contributed by atoms with van der Waals surface area (Å²) < 4.78 is 0. The Morgan fingerprint density at radius 3 is 1.04 bits per heavy atom. The monoisotopic (exact) mass is 1090 g/mol. The highest BCUT2D eigenvalue weighted by Crippen LogP contribution is 2.53. The lowest BCUT2D eigenvalue weighted by atomic mass is 9.65. The predicted octanol–water partition coefficient (Wildman–Crippen LogP) is 21.9. The molecule has 1 fully saturated rings. The van der Waals surface area contributed by atoms with Crippen molar-refractivity contribution >= 4 is 0 Å². The highest BCUT2D eigenvalue weighted by molar-refractivity contribution is 5.77. The molecule has 418 valence electrons. The standard InChI is InChI=1S/C80H83N3/c1-52-43-74(83-51-73(52)53-19-15-14-16-20-53)57-29-23-54(24-30-57)67-21-17-18-22-68(67)60-44-61(69-37-35-63(77(2,3)4)47-71(69)55-25-31-58(32-26-55)75-49-65(39-41-81-75)79(8,9)10)46-62(45-60)70-38-36-64(78(5,6)7)48-72(70)56-27-33-59(34-28-56)76-50-66(40-42-82-76)80(11,12)13/h14-43,47-51,60-62H,44-46H2,1-13H3. The van der Waals surface area contributed by atoms with Gasteiger partial charge in [-0.25, -0.2) is 0 Å². The van der Waals surface area contributed by atoms with Crippen LogP contribution in [0, 0.1) is 6.92 Å². The number of aromatic nitrogens is 3. The highest BCUT2D eigenvalue weighted by Gasteiger charge is 2.36. The van der Waals surface area contributed by atoms with E-state index in [-0.39, 0.29) is 39.4 Å². The third-order valence-corrected chi connectivity index (χ3v) is 17.7. The fourth-order valence-electron chi connectivity index (χ4n) is 12.7. The van der Waals surface area contributed by atoms with Crippen LogP contribution < -0.4 is 0 Å². The van der Waals surface area contributed by atoms with Gasteiger partial charge in [0.05, 0.1) is 17.1 Å². The summed E-state index contributed by atoms with van der Waals surface area (Å²) in [6.07, 6.45) is 9.07. The van der Waals surface area contributed by atoms with Crippen molar-refractivity contribution in [1.82, 2.24) is 15.0 Å². The van der Waals surface area contributed by atoms with Gasteiger partial charge in [-0.15, -0.1) is 0 Å². The fourth-order valence-corrected chi connectivity index (χ4v) is 12.7. The lowest BCUT2D eigenvalue weighted by Crippen LogP contribution is -2.22. The smallest absolute Gasteiger partial charge is 0.0705 e. The molecule has 0 spiro atoms. The molecule has 0 amide bonds. The molecule has 10 aromatic rings. The SMILES string of the molecule is Cc1cc(-c2ccc(-c3ccccc3C3CC(c4ccc(C(C)(C)C)cc4-c4ccc(-c5cc(C(C)(C)C)ccn5)cc4)CC(c4ccc(C(C)(C)C)cc4-c4ccc(-c5cc(C(C)(C)C)ccn5)cc4)C3)cc2)ncc1-c1ccccc1. The molecule has 83 heavy (non-hydrogen) atoms. The molecule has 2 unspecified atom stereocenters. The molecule has 0 saturated heterocycles. The van der Waals surface area contributed by atoms with E-state index in [2.05, 4.69) is 284 Å². The number of nitrogens with zero attached hydrogens (tertiary/aromatic N) is 3. The van der Waals surface area contributed by atoms with Gasteiger partial charge in [0, 0.05) is 40.8 Å². The van der Waals surface area contributed by atoms with E-state index in [9.17, 15) is 0 Å². The van der Waals surface area contributed by atoms with Gasteiger partial charge in [0.25, 0.3) is 0 Å². The van der Waals surface area contributed by atoms with E-state index in [0.29, 0.717) is 0 Å². The van der Waals surface area contributed by atoms with Crippen molar-refractivity contribution in [3.05, 3.63) is 257 Å². The Kier molecular flexibility index (Phi) is 15.5. The van der Waals surface area contributed by atoms with Gasteiger partial charge >= 0.3 is 0 Å². The first-order valence-electron chi connectivity index (χ1n) is 30.2. The lowest BCUT2D eigenvalue weighted by Gasteiger charge is -2.39. The minimum absolute atomic E-state index is 0.0259. The van der Waals surface area contributed by atoms with Crippen LogP contribution in [0.1, 0.15) is 165 Å². The molecule has 3 heteroatoms. The third-order valence-electron chi connectivity index (χ3n) is 17.7. The molecule has 3 nitrogen and oxygen atoms in total. The minimum atomic E-state index is -0.0259. The van der Waals surface area contributed by atoms with E-state index in [0.717, 1.165) is 53.0 Å². The van der Waals surface area contributed by atoms with Gasteiger partial charge in [0.15, 0.2) is 0 Å². The van der Waals surface area contributed by atoms with Crippen LogP contribution >= 0.6 is 0 Å². The first-order chi connectivity index (χ1) is 39.5. The summed E-state index contributed by atoms with van der Waals surface area (Å²) in [5.74, 6) is 0.826. The topological polar surface area (TPSA) is 38.7 Å². The largest absolute Gasteiger partial charge is 0.256 e. The van der Waals surface area contributed by atoms with Crippen molar-refractivity contribution in [2.45, 2.75) is 149 Å². The molecule has 2 atom stereocenters. The minimum Gasteiger partial charge on any atom is -0.256 e. The summed E-state index contributed by atoms with van der Waals surface area (Å²) in [4.78, 5) is 14.7. The highest BCUT2D eigenvalue weighted by atomic mass is 14.7. The molecule has 0 radical (unpaired) electrons. The van der Waals surface area contributed by atoms with E-state index < -0.39 is 0 Å². The summed E-state index contributed by atoms with van der Waals surface area (Å²) in [6, 6.07) is 73.4. The van der Waals surface area contributed by atoms with Crippen LogP contribution in [0.3, 0.4) is 0 Å². The summed E-state index contributed by atoms with van der Waals surface area (Å²) in [7, 11) is 0. The van der Waals surface area contributed by atoms with Crippen molar-refractivity contribution < 1.29 is 0 Å². The molecule has 3 aromatic heterocycles. The average Bonchev–Trinajstić information content (AvgIpc) is 3.55. The fraction of sp³-hybridized carbons (Fsp3) is 0.287. The van der Waals surface area contributed by atoms with Crippen molar-refractivity contribution in [2.75, 3.05) is 0 Å². The molecular formula is C80H83N3. The molecule has 1 aliphatic carbocycles. The summed E-state index contributed by atoms with van der Waals surface area (Å²) >= 11 is 0. The maximum Gasteiger partial charge on any atom is 0.0705 e. The predicted molar refractivity (Wildman–Crippen MR) is 352 cm³/mol. The number of hydrogen-bond donors (Lipinski definition) is 0. The first-order valence-corrected chi connectivity index (χ1v) is 30.2. The van der Waals surface area contributed by atoms with Crippen LogP contribution in [-0.2, 0) is 21.7 Å². The zero-order chi connectivity index (χ0) is 58.4. The number of aryl methyl sites for hydroxylation is 1. The third kappa shape index (κ3) is 12.4. The average molecular weight is 1090 g/mol. The van der Waals surface area contributed by atoms with Crippen molar-refractivity contribution in [2.24, 2.45) is 0 Å². The summed E-state index contributed by atoms with van der Waals surface area (Å²) in [5.41, 5.74) is 27.2. The molecule has 1 saturated carbocycles. The normalized spacial score (nSPS) is 16.0. The van der Waals surface area contributed by atoms with E-state index in [1.165, 1.54) is 89.0 Å². The van der Waals surface area contributed by atoms with Crippen molar-refractivity contribution in [3.63, 3.8) is 0 Å². The van der Waals surface area contributed by atoms with Crippen LogP contribution in [0.25, 0.3) is 78.3 Å². The lowest BCUT2D eigenvalue weighted by molar-refractivity contribution is 0.352. The molecule has 3 heterocycles. The van der Waals surface area contributed by atoms with Gasteiger partial charge in [-0.3, -0.25) is 15.0 Å². The van der Waals surface area contributed by atoms with Crippen molar-refractivity contribution in [3.8, 4) is 78.3 Å². The first kappa shape index (κ1) is 56.8. The maximum absolute atomic E-state index is 5.00. The second kappa shape index (κ2) is 22.6. The molecule has 0 bridgehead atoms. The van der Waals surface area contributed by atoms with Gasteiger partial charge < -0.3 is 0 Å². The zero-order valence-corrected chi connectivity index (χ0v) is 51.4. The van der Waals surface area contributed by atoms with Gasteiger partial charge in [-0.05, 0) is 179 Å². The Labute approximate surface area is 496 Å².